The highest BCUT2D eigenvalue weighted by Gasteiger charge is 2.06. The van der Waals surface area contributed by atoms with Crippen LogP contribution in [-0.2, 0) is 0 Å². The first-order valence-electron chi connectivity index (χ1n) is 8.78. The largest absolute Gasteiger partial charge is 0.494 e. The van der Waals surface area contributed by atoms with Crippen LogP contribution in [-0.4, -0.2) is 18.9 Å². The Morgan fingerprint density at radius 3 is 2.09 bits per heavy atom. The van der Waals surface area contributed by atoms with E-state index in [9.17, 15) is 0 Å². The van der Waals surface area contributed by atoms with E-state index < -0.39 is 0 Å². The van der Waals surface area contributed by atoms with Gasteiger partial charge in [-0.15, -0.1) is 0 Å². The third-order valence-electron chi connectivity index (χ3n) is 3.45. The zero-order chi connectivity index (χ0) is 17.7. The molecular formula is C20H36N2O. The number of hydrogen-bond donors (Lipinski definition) is 2. The summed E-state index contributed by atoms with van der Waals surface area (Å²) in [4.78, 5) is 0. The molecule has 1 aromatic rings. The van der Waals surface area contributed by atoms with E-state index >= 15 is 0 Å². The molecule has 0 radical (unpaired) electrons. The Kier molecular flexibility index (Phi) is 11.4. The summed E-state index contributed by atoms with van der Waals surface area (Å²) in [6.07, 6.45) is 6.03. The summed E-state index contributed by atoms with van der Waals surface area (Å²) in [6, 6.07) is 7.74. The van der Waals surface area contributed by atoms with E-state index in [-0.39, 0.29) is 0 Å². The molecular weight excluding hydrogens is 284 g/mol. The predicted molar refractivity (Wildman–Crippen MR) is 102 cm³/mol. The van der Waals surface area contributed by atoms with Gasteiger partial charge in [-0.05, 0) is 61.6 Å². The van der Waals surface area contributed by atoms with Gasteiger partial charge in [0.1, 0.15) is 5.75 Å². The topological polar surface area (TPSA) is 59.1 Å². The van der Waals surface area contributed by atoms with Crippen LogP contribution >= 0.6 is 0 Å². The van der Waals surface area contributed by atoms with Crippen molar-refractivity contribution >= 4 is 5.71 Å². The van der Waals surface area contributed by atoms with Crippen LogP contribution < -0.4 is 10.5 Å². The zero-order valence-corrected chi connectivity index (χ0v) is 15.7. The number of benzene rings is 1. The Hall–Kier alpha value is -1.35. The van der Waals surface area contributed by atoms with Crippen molar-refractivity contribution in [3.05, 3.63) is 29.8 Å². The summed E-state index contributed by atoms with van der Waals surface area (Å²) in [6.45, 7) is 12.2. The second kappa shape index (κ2) is 12.1. The van der Waals surface area contributed by atoms with E-state index in [0.29, 0.717) is 11.1 Å². The van der Waals surface area contributed by atoms with Crippen molar-refractivity contribution < 1.29 is 4.74 Å². The molecule has 0 heterocycles. The van der Waals surface area contributed by atoms with E-state index in [4.69, 9.17) is 15.9 Å². The molecule has 0 aliphatic rings. The molecule has 0 spiro atoms. The van der Waals surface area contributed by atoms with Crippen LogP contribution in [0.3, 0.4) is 0 Å². The highest BCUT2D eigenvalue weighted by molar-refractivity contribution is 5.96. The minimum atomic E-state index is 0.425. The average Bonchev–Trinajstić information content (AvgIpc) is 2.47. The molecule has 3 N–H and O–H groups in total. The van der Waals surface area contributed by atoms with Crippen LogP contribution in [0.2, 0.25) is 0 Å². The van der Waals surface area contributed by atoms with Crippen molar-refractivity contribution in [2.45, 2.75) is 66.7 Å². The van der Waals surface area contributed by atoms with Gasteiger partial charge in [-0.3, -0.25) is 0 Å². The van der Waals surface area contributed by atoms with Crippen LogP contribution in [0.5, 0.6) is 5.75 Å². The Morgan fingerprint density at radius 2 is 1.70 bits per heavy atom. The molecule has 0 atom stereocenters. The van der Waals surface area contributed by atoms with Gasteiger partial charge < -0.3 is 15.9 Å². The Labute approximate surface area is 143 Å². The van der Waals surface area contributed by atoms with Crippen LogP contribution in [0.25, 0.3) is 0 Å². The molecule has 0 saturated heterocycles. The van der Waals surface area contributed by atoms with Crippen molar-refractivity contribution in [2.24, 2.45) is 11.1 Å². The Balaban J connectivity index is 0.000000585. The van der Waals surface area contributed by atoms with Gasteiger partial charge in [-0.1, -0.05) is 47.0 Å². The molecule has 0 aliphatic carbocycles. The first-order chi connectivity index (χ1) is 10.8. The fourth-order valence-corrected chi connectivity index (χ4v) is 1.95. The quantitative estimate of drug-likeness (QED) is 0.496. The lowest BCUT2D eigenvalue weighted by atomic mass is 9.93. The van der Waals surface area contributed by atoms with Crippen LogP contribution in [0, 0.1) is 10.8 Å². The molecule has 23 heavy (non-hydrogen) atoms. The maximum Gasteiger partial charge on any atom is 0.119 e. The van der Waals surface area contributed by atoms with Gasteiger partial charge in [0.2, 0.25) is 0 Å². The van der Waals surface area contributed by atoms with Crippen LogP contribution in [0.15, 0.2) is 24.3 Å². The first-order valence-corrected chi connectivity index (χ1v) is 8.78. The number of nitrogens with two attached hydrogens (primary N) is 1. The van der Waals surface area contributed by atoms with E-state index in [1.807, 2.05) is 24.3 Å². The van der Waals surface area contributed by atoms with Crippen LogP contribution in [0.1, 0.15) is 72.3 Å². The summed E-state index contributed by atoms with van der Waals surface area (Å²) >= 11 is 0. The maximum absolute atomic E-state index is 7.48. The molecule has 132 valence electrons. The van der Waals surface area contributed by atoms with Crippen molar-refractivity contribution in [1.82, 2.24) is 0 Å². The second-order valence-electron chi connectivity index (χ2n) is 7.16. The van der Waals surface area contributed by atoms with Crippen molar-refractivity contribution in [2.75, 3.05) is 13.2 Å². The Morgan fingerprint density at radius 1 is 1.09 bits per heavy atom. The summed E-state index contributed by atoms with van der Waals surface area (Å²) in [5, 5.41) is 7.48. The van der Waals surface area contributed by atoms with E-state index in [0.717, 1.165) is 37.3 Å². The first kappa shape index (κ1) is 21.6. The normalized spacial score (nSPS) is 10.7. The van der Waals surface area contributed by atoms with Gasteiger partial charge in [0.25, 0.3) is 0 Å². The van der Waals surface area contributed by atoms with Gasteiger partial charge in [-0.2, -0.15) is 0 Å². The fraction of sp³-hybridized carbons (Fsp3) is 0.650. The summed E-state index contributed by atoms with van der Waals surface area (Å²) in [5.74, 6) is 0.904. The molecule has 0 aromatic heterocycles. The lowest BCUT2D eigenvalue weighted by Gasteiger charge is -2.15. The minimum Gasteiger partial charge on any atom is -0.494 e. The third kappa shape index (κ3) is 12.8. The number of ether oxygens (including phenoxy) is 1. The number of unbranched alkanes of at least 4 members (excludes halogenated alkanes) is 3. The molecule has 0 saturated carbocycles. The van der Waals surface area contributed by atoms with Gasteiger partial charge in [0, 0.05) is 5.71 Å². The molecule has 1 aromatic carbocycles. The van der Waals surface area contributed by atoms with E-state index in [1.165, 1.54) is 19.3 Å². The predicted octanol–water partition coefficient (Wildman–Crippen LogP) is 5.41. The van der Waals surface area contributed by atoms with E-state index in [1.54, 1.807) is 6.92 Å². The van der Waals surface area contributed by atoms with Gasteiger partial charge >= 0.3 is 0 Å². The maximum atomic E-state index is 7.48. The zero-order valence-electron chi connectivity index (χ0n) is 15.7. The average molecular weight is 321 g/mol. The number of nitrogens with one attached hydrogen (secondary N) is 1. The Bertz CT molecular complexity index is 418. The van der Waals surface area contributed by atoms with Crippen molar-refractivity contribution in [1.29, 1.82) is 5.41 Å². The smallest absolute Gasteiger partial charge is 0.119 e. The fourth-order valence-electron chi connectivity index (χ4n) is 1.95. The highest BCUT2D eigenvalue weighted by atomic mass is 16.5. The van der Waals surface area contributed by atoms with Crippen molar-refractivity contribution in [3.63, 3.8) is 0 Å². The molecule has 0 amide bonds. The SMILES string of the molecule is CC(C)(C)CCN.CCCCCCOc1ccc(C(C)=N)cc1. The van der Waals surface area contributed by atoms with Crippen molar-refractivity contribution in [3.8, 4) is 5.75 Å². The minimum absolute atomic E-state index is 0.425. The van der Waals surface area contributed by atoms with Gasteiger partial charge in [0.15, 0.2) is 0 Å². The summed E-state index contributed by atoms with van der Waals surface area (Å²) in [7, 11) is 0. The molecule has 3 heteroatoms. The summed E-state index contributed by atoms with van der Waals surface area (Å²) in [5.41, 5.74) is 7.29. The standard InChI is InChI=1S/C14H21NO.C6H15N/c1-3-4-5-6-11-16-14-9-7-13(8-10-14)12(2)15;1-6(2,3)4-5-7/h7-10,15H,3-6,11H2,1-2H3;4-5,7H2,1-3H3. The van der Waals surface area contributed by atoms with Crippen LogP contribution in [0.4, 0.5) is 0 Å². The number of hydrogen-bond acceptors (Lipinski definition) is 3. The lowest BCUT2D eigenvalue weighted by molar-refractivity contribution is 0.305. The molecule has 0 unspecified atom stereocenters. The van der Waals surface area contributed by atoms with Gasteiger partial charge in [-0.25, -0.2) is 0 Å². The molecule has 3 nitrogen and oxygen atoms in total. The van der Waals surface area contributed by atoms with Gasteiger partial charge in [0.05, 0.1) is 6.61 Å². The molecule has 0 fully saturated rings. The highest BCUT2D eigenvalue weighted by Crippen LogP contribution is 2.16. The second-order valence-corrected chi connectivity index (χ2v) is 7.16. The lowest BCUT2D eigenvalue weighted by Crippen LogP contribution is -2.12. The molecule has 0 bridgehead atoms. The summed E-state index contributed by atoms with van der Waals surface area (Å²) < 4.78 is 5.62. The monoisotopic (exact) mass is 320 g/mol. The molecule has 1 rings (SSSR count). The molecule has 0 aliphatic heterocycles. The van der Waals surface area contributed by atoms with E-state index in [2.05, 4.69) is 27.7 Å². The third-order valence-corrected chi connectivity index (χ3v) is 3.45. The number of rotatable bonds is 8.